The monoisotopic (exact) mass is 267 g/mol. The molecule has 0 spiro atoms. The van der Waals surface area contributed by atoms with Crippen molar-refractivity contribution in [2.45, 2.75) is 52.0 Å². The zero-order valence-electron chi connectivity index (χ0n) is 12.0. The number of hydrogen-bond donors (Lipinski definition) is 1. The third kappa shape index (κ3) is 3.14. The van der Waals surface area contributed by atoms with Gasteiger partial charge in [-0.15, -0.1) is 0 Å². The minimum Gasteiger partial charge on any atom is -0.314 e. The summed E-state index contributed by atoms with van der Waals surface area (Å²) in [7, 11) is 0. The number of nitrogens with one attached hydrogen (secondary N) is 1. The molecule has 2 atom stereocenters. The van der Waals surface area contributed by atoms with E-state index in [9.17, 15) is 8.78 Å². The van der Waals surface area contributed by atoms with Crippen molar-refractivity contribution in [3.05, 3.63) is 34.9 Å². The van der Waals surface area contributed by atoms with Crippen LogP contribution < -0.4 is 5.32 Å². The largest absolute Gasteiger partial charge is 0.314 e. The Hall–Kier alpha value is -0.960. The minimum absolute atomic E-state index is 0.154. The van der Waals surface area contributed by atoms with Crippen LogP contribution in [0.2, 0.25) is 0 Å². The summed E-state index contributed by atoms with van der Waals surface area (Å²) in [4.78, 5) is 0. The summed E-state index contributed by atoms with van der Waals surface area (Å²) in [5.74, 6) is -0.748. The van der Waals surface area contributed by atoms with Crippen LogP contribution in [-0.4, -0.2) is 12.6 Å². The molecule has 0 amide bonds. The van der Waals surface area contributed by atoms with Gasteiger partial charge >= 0.3 is 0 Å². The molecule has 2 rings (SSSR count). The first-order valence-corrected chi connectivity index (χ1v) is 7.18. The highest BCUT2D eigenvalue weighted by Gasteiger charge is 2.31. The predicted molar refractivity (Wildman–Crippen MR) is 74.3 cm³/mol. The van der Waals surface area contributed by atoms with Crippen molar-refractivity contribution in [1.82, 2.24) is 5.32 Å². The predicted octanol–water partition coefficient (Wildman–Crippen LogP) is 4.15. The molecule has 0 aromatic heterocycles. The van der Waals surface area contributed by atoms with Crippen LogP contribution in [0.5, 0.6) is 0 Å². The van der Waals surface area contributed by atoms with Crippen molar-refractivity contribution in [1.29, 1.82) is 0 Å². The summed E-state index contributed by atoms with van der Waals surface area (Å²) < 4.78 is 27.8. The van der Waals surface area contributed by atoms with Crippen molar-refractivity contribution in [2.24, 2.45) is 5.92 Å². The summed E-state index contributed by atoms with van der Waals surface area (Å²) in [5.41, 5.74) is 0.951. The quantitative estimate of drug-likeness (QED) is 0.864. The van der Waals surface area contributed by atoms with Crippen LogP contribution in [0, 0.1) is 24.5 Å². The van der Waals surface area contributed by atoms with E-state index in [1.54, 1.807) is 19.1 Å². The van der Waals surface area contributed by atoms with Gasteiger partial charge in [-0.25, -0.2) is 8.78 Å². The second-order valence-corrected chi connectivity index (χ2v) is 5.96. The van der Waals surface area contributed by atoms with Crippen LogP contribution in [0.4, 0.5) is 8.78 Å². The molecule has 0 heterocycles. The Morgan fingerprint density at radius 1 is 1.21 bits per heavy atom. The van der Waals surface area contributed by atoms with Crippen molar-refractivity contribution < 1.29 is 8.78 Å². The molecule has 1 N–H and O–H groups in total. The molecule has 3 heteroatoms. The van der Waals surface area contributed by atoms with E-state index >= 15 is 0 Å². The van der Waals surface area contributed by atoms with E-state index < -0.39 is 11.6 Å². The van der Waals surface area contributed by atoms with E-state index in [0.717, 1.165) is 25.8 Å². The number of aryl methyl sites for hydroxylation is 1. The number of halogens is 2. The topological polar surface area (TPSA) is 12.0 Å². The Bertz CT molecular complexity index is 443. The summed E-state index contributed by atoms with van der Waals surface area (Å²) in [6.07, 6.45) is 3.16. The second kappa shape index (κ2) is 6.00. The SMILES string of the molecule is Cc1ccc(C2CCCC2CNC(C)C)c(F)c1F. The fourth-order valence-electron chi connectivity index (χ4n) is 3.02. The van der Waals surface area contributed by atoms with Crippen molar-refractivity contribution in [3.8, 4) is 0 Å². The van der Waals surface area contributed by atoms with E-state index in [2.05, 4.69) is 19.2 Å². The molecule has 1 aromatic carbocycles. The Morgan fingerprint density at radius 3 is 2.63 bits per heavy atom. The third-order valence-corrected chi connectivity index (χ3v) is 4.15. The number of rotatable bonds is 4. The average Bonchev–Trinajstić information content (AvgIpc) is 2.82. The number of benzene rings is 1. The lowest BCUT2D eigenvalue weighted by Gasteiger charge is -2.22. The molecule has 0 radical (unpaired) electrons. The van der Waals surface area contributed by atoms with Gasteiger partial charge in [0.25, 0.3) is 0 Å². The molecule has 106 valence electrons. The molecular formula is C16H23F2N. The van der Waals surface area contributed by atoms with Gasteiger partial charge in [-0.1, -0.05) is 32.4 Å². The molecule has 0 aliphatic heterocycles. The van der Waals surface area contributed by atoms with Crippen molar-refractivity contribution >= 4 is 0 Å². The lowest BCUT2D eigenvalue weighted by molar-refractivity contribution is 0.405. The highest BCUT2D eigenvalue weighted by molar-refractivity contribution is 5.29. The molecule has 19 heavy (non-hydrogen) atoms. The van der Waals surface area contributed by atoms with Crippen LogP contribution >= 0.6 is 0 Å². The zero-order chi connectivity index (χ0) is 14.0. The fraction of sp³-hybridized carbons (Fsp3) is 0.625. The molecule has 1 fully saturated rings. The molecule has 0 bridgehead atoms. The van der Waals surface area contributed by atoms with Gasteiger partial charge in [0.05, 0.1) is 0 Å². The summed E-state index contributed by atoms with van der Waals surface area (Å²) in [6, 6.07) is 3.89. The third-order valence-electron chi connectivity index (χ3n) is 4.15. The van der Waals surface area contributed by atoms with E-state index in [0.29, 0.717) is 23.1 Å². The standard InChI is InChI=1S/C16H23F2N/c1-10(2)19-9-12-5-4-6-13(12)14-8-7-11(3)15(17)16(14)18/h7-8,10,12-13,19H,4-6,9H2,1-3H3. The summed E-state index contributed by atoms with van der Waals surface area (Å²) in [6.45, 7) is 6.71. The first-order valence-electron chi connectivity index (χ1n) is 7.18. The maximum absolute atomic E-state index is 14.1. The van der Waals surface area contributed by atoms with Gasteiger partial charge in [-0.2, -0.15) is 0 Å². The highest BCUT2D eigenvalue weighted by atomic mass is 19.2. The Kier molecular flexibility index (Phi) is 4.56. The average molecular weight is 267 g/mol. The van der Waals surface area contributed by atoms with Gasteiger partial charge in [-0.05, 0) is 49.3 Å². The Balaban J connectivity index is 2.18. The van der Waals surface area contributed by atoms with Crippen molar-refractivity contribution in [3.63, 3.8) is 0 Å². The normalized spacial score (nSPS) is 23.3. The van der Waals surface area contributed by atoms with E-state index in [4.69, 9.17) is 0 Å². The first-order chi connectivity index (χ1) is 9.00. The van der Waals surface area contributed by atoms with Gasteiger partial charge in [0.15, 0.2) is 11.6 Å². The summed E-state index contributed by atoms with van der Waals surface area (Å²) >= 11 is 0. The summed E-state index contributed by atoms with van der Waals surface area (Å²) in [5, 5.41) is 3.42. The molecule has 1 aliphatic carbocycles. The Labute approximate surface area is 114 Å². The zero-order valence-corrected chi connectivity index (χ0v) is 12.0. The highest BCUT2D eigenvalue weighted by Crippen LogP contribution is 2.40. The lowest BCUT2D eigenvalue weighted by atomic mass is 9.87. The number of hydrogen-bond acceptors (Lipinski definition) is 1. The molecule has 1 saturated carbocycles. The second-order valence-electron chi connectivity index (χ2n) is 5.96. The van der Waals surface area contributed by atoms with Gasteiger partial charge < -0.3 is 5.32 Å². The molecule has 1 aliphatic rings. The van der Waals surface area contributed by atoms with E-state index in [-0.39, 0.29) is 5.92 Å². The van der Waals surface area contributed by atoms with Crippen LogP contribution in [0.1, 0.15) is 50.2 Å². The van der Waals surface area contributed by atoms with Crippen LogP contribution in [0.15, 0.2) is 12.1 Å². The molecular weight excluding hydrogens is 244 g/mol. The van der Waals surface area contributed by atoms with Gasteiger partial charge in [0.2, 0.25) is 0 Å². The van der Waals surface area contributed by atoms with Gasteiger partial charge in [0, 0.05) is 6.04 Å². The van der Waals surface area contributed by atoms with Gasteiger partial charge in [0.1, 0.15) is 0 Å². The maximum atomic E-state index is 14.1. The minimum atomic E-state index is -0.681. The lowest BCUT2D eigenvalue weighted by Crippen LogP contribution is -2.30. The van der Waals surface area contributed by atoms with Crippen LogP contribution in [0.3, 0.4) is 0 Å². The van der Waals surface area contributed by atoms with Crippen LogP contribution in [0.25, 0.3) is 0 Å². The van der Waals surface area contributed by atoms with Gasteiger partial charge in [-0.3, -0.25) is 0 Å². The molecule has 0 saturated heterocycles. The fourth-order valence-corrected chi connectivity index (χ4v) is 3.02. The maximum Gasteiger partial charge on any atom is 0.162 e. The Morgan fingerprint density at radius 2 is 1.95 bits per heavy atom. The van der Waals surface area contributed by atoms with E-state index in [1.165, 1.54) is 0 Å². The van der Waals surface area contributed by atoms with E-state index in [1.807, 2.05) is 0 Å². The molecule has 1 aromatic rings. The molecule has 1 nitrogen and oxygen atoms in total. The van der Waals surface area contributed by atoms with Crippen molar-refractivity contribution in [2.75, 3.05) is 6.54 Å². The smallest absolute Gasteiger partial charge is 0.162 e. The van der Waals surface area contributed by atoms with Crippen LogP contribution in [-0.2, 0) is 0 Å². The molecule has 2 unspecified atom stereocenters. The first kappa shape index (κ1) is 14.4.